The van der Waals surface area contributed by atoms with Crippen LogP contribution < -0.4 is 0 Å². The highest BCUT2D eigenvalue weighted by molar-refractivity contribution is 6.38. The van der Waals surface area contributed by atoms with E-state index >= 15 is 0 Å². The number of nitrogens with zero attached hydrogens (tertiary/aromatic N) is 1. The van der Waals surface area contributed by atoms with Crippen LogP contribution in [0.4, 0.5) is 0 Å². The van der Waals surface area contributed by atoms with Crippen LogP contribution in [0.5, 0.6) is 0 Å². The molecule has 0 aromatic rings. The second-order valence-corrected chi connectivity index (χ2v) is 19.9. The first-order valence-corrected chi connectivity index (χ1v) is 23.9. The minimum atomic E-state index is -1.60. The zero-order valence-electron chi connectivity index (χ0n) is 40.3. The highest BCUT2D eigenvalue weighted by Gasteiger charge is 2.59. The summed E-state index contributed by atoms with van der Waals surface area (Å²) < 4.78 is 23.3. The first kappa shape index (κ1) is 53.6. The largest absolute Gasteiger partial charge is 0.461 e. The lowest BCUT2D eigenvalue weighted by Gasteiger charge is -2.60. The Morgan fingerprint density at radius 3 is 2.11 bits per heavy atom. The summed E-state index contributed by atoms with van der Waals surface area (Å²) >= 11 is 0. The second kappa shape index (κ2) is 24.6. The van der Waals surface area contributed by atoms with Crippen molar-refractivity contribution in [3.63, 3.8) is 0 Å². The van der Waals surface area contributed by atoms with Crippen molar-refractivity contribution < 1.29 is 58.6 Å². The Balaban J connectivity index is 1.64. The van der Waals surface area contributed by atoms with Crippen LogP contribution in [0.3, 0.4) is 0 Å². The van der Waals surface area contributed by atoms with Gasteiger partial charge in [-0.2, -0.15) is 0 Å². The van der Waals surface area contributed by atoms with Crippen LogP contribution in [-0.4, -0.2) is 132 Å². The zero-order chi connectivity index (χ0) is 47.5. The normalized spacial score (nSPS) is 42.0. The van der Waals surface area contributed by atoms with E-state index in [0.29, 0.717) is 63.4 Å². The highest BCUT2D eigenvalue weighted by Crippen LogP contribution is 2.60. The lowest BCUT2D eigenvalue weighted by molar-refractivity contribution is -0.202. The molecule has 5 aliphatic rings. The minimum absolute atomic E-state index is 0.0487. The molecule has 1 saturated heterocycles. The number of esters is 1. The summed E-state index contributed by atoms with van der Waals surface area (Å²) in [6, 6.07) is -0.963. The number of amides is 1. The van der Waals surface area contributed by atoms with Gasteiger partial charge in [0.25, 0.3) is 5.91 Å². The fourth-order valence-corrected chi connectivity index (χ4v) is 11.1. The number of fused-ring (bicyclic) bond motifs is 21. The van der Waals surface area contributed by atoms with E-state index < -0.39 is 66.2 Å². The average molecular weight is 900 g/mol. The molecule has 1 amide bonds. The van der Waals surface area contributed by atoms with Gasteiger partial charge in [-0.25, -0.2) is 4.79 Å². The van der Waals surface area contributed by atoms with Gasteiger partial charge in [0.15, 0.2) is 5.78 Å². The number of ketones is 2. The quantitative estimate of drug-likeness (QED) is 0.141. The Kier molecular flexibility index (Phi) is 20.6. The molecule has 3 aliphatic heterocycles. The standard InChI is InChI=1S/C51H81NO12/c1-30-16-12-11-13-17-32(3)41(61-8)27-38(53)21-19-33(4)44(55)47(58)49(59)52-23-15-14-18-39(52)50(60)64-43-29-51(36(43)7,37-20-22-40(54)42(26-37)62-9)28-31(2)25-35(6)46(57)48(63-10)45(56)34(5)24-30/h11-13,16-17,25,30-31,33-34,36-44,46,48,53-55,57H,14-15,18-24,26-29H2,1-10H3/b13-11+,16-12-,32-17?,35-25+/t30-,31-,33-,34-,36?,37+,38+,39-,40-,41+,42-,43+,44+,46-,48+,51?/m1/s1. The molecule has 13 heteroatoms. The molecule has 2 unspecified atom stereocenters. The molecule has 2 bridgehead atoms. The smallest absolute Gasteiger partial charge is 0.329 e. The number of aliphatic hydroxyl groups excluding tert-OH is 4. The van der Waals surface area contributed by atoms with Crippen LogP contribution in [0, 0.1) is 40.9 Å². The van der Waals surface area contributed by atoms with Crippen LogP contribution >= 0.6 is 0 Å². The van der Waals surface area contributed by atoms with Gasteiger partial charge in [-0.1, -0.05) is 71.1 Å². The predicted molar refractivity (Wildman–Crippen MR) is 245 cm³/mol. The number of piperidine rings is 1. The summed E-state index contributed by atoms with van der Waals surface area (Å²) in [5, 5.41) is 44.4. The number of hydrogen-bond donors (Lipinski definition) is 4. The summed E-state index contributed by atoms with van der Waals surface area (Å²) in [4.78, 5) is 56.4. The van der Waals surface area contributed by atoms with E-state index in [9.17, 15) is 39.6 Å². The number of Topliss-reactive ketones (excluding diaryl/α,β-unsaturated/α-hetero) is 2. The number of carbonyl (C=O) groups excluding carboxylic acids is 4. The van der Waals surface area contributed by atoms with Gasteiger partial charge in [0.1, 0.15) is 30.5 Å². The van der Waals surface area contributed by atoms with Crippen molar-refractivity contribution in [2.75, 3.05) is 27.9 Å². The number of rotatable bonds is 4. The molecule has 64 heavy (non-hydrogen) atoms. The number of hydrogen-bond acceptors (Lipinski definition) is 12. The van der Waals surface area contributed by atoms with Gasteiger partial charge in [-0.05, 0) is 131 Å². The Bertz CT molecular complexity index is 1690. The predicted octanol–water partition coefficient (Wildman–Crippen LogP) is 6.25. The van der Waals surface area contributed by atoms with E-state index in [1.807, 2.05) is 64.2 Å². The molecule has 362 valence electrons. The Morgan fingerprint density at radius 1 is 0.734 bits per heavy atom. The molecule has 3 heterocycles. The zero-order valence-corrected chi connectivity index (χ0v) is 40.3. The van der Waals surface area contributed by atoms with Crippen molar-refractivity contribution in [1.82, 2.24) is 4.90 Å². The van der Waals surface area contributed by atoms with E-state index in [-0.39, 0.29) is 72.4 Å². The van der Waals surface area contributed by atoms with Crippen molar-refractivity contribution in [2.45, 2.75) is 180 Å². The van der Waals surface area contributed by atoms with Gasteiger partial charge < -0.3 is 44.3 Å². The molecular formula is C51H81NO12. The molecule has 5 rings (SSSR count). The number of aliphatic hydroxyl groups is 4. The fraction of sp³-hybridized carbons (Fsp3) is 0.765. The number of ether oxygens (including phenoxy) is 4. The van der Waals surface area contributed by atoms with Crippen LogP contribution in [0.1, 0.15) is 126 Å². The number of methoxy groups -OCH3 is 3. The van der Waals surface area contributed by atoms with Crippen LogP contribution in [0.25, 0.3) is 0 Å². The summed E-state index contributed by atoms with van der Waals surface area (Å²) in [5.74, 6) is -3.55. The van der Waals surface area contributed by atoms with Crippen molar-refractivity contribution in [3.8, 4) is 0 Å². The lowest BCUT2D eigenvalue weighted by atomic mass is 9.48. The summed E-state index contributed by atoms with van der Waals surface area (Å²) in [6.07, 6.45) is 11.6. The van der Waals surface area contributed by atoms with Crippen LogP contribution in [0.2, 0.25) is 0 Å². The SMILES string of the molecule is CO[C@H]1C[C@@H](O)CC[C@@H](C)[C@H](O)C(=O)C(=O)N2CCCC[C@@H]2C(=O)O[C@H]2CC([C@H]3CC[C@@H](O)[C@H](OC)C3)(C[C@H](C)/C=C(\C)[C@@H](O)[C@@H](OC)C(=O)[C@H](C)C[C@H](C)/C=C\C=C\C=C1C)C2C. The molecule has 0 radical (unpaired) electrons. The molecule has 0 aromatic carbocycles. The van der Waals surface area contributed by atoms with E-state index in [0.717, 1.165) is 12.0 Å². The monoisotopic (exact) mass is 900 g/mol. The molecule has 16 atom stereocenters. The summed E-state index contributed by atoms with van der Waals surface area (Å²) in [7, 11) is 4.63. The molecule has 3 fully saturated rings. The number of allylic oxidation sites excluding steroid dienone is 6. The maximum Gasteiger partial charge on any atom is 0.329 e. The van der Waals surface area contributed by atoms with E-state index in [4.69, 9.17) is 18.9 Å². The third-order valence-electron chi connectivity index (χ3n) is 15.2. The van der Waals surface area contributed by atoms with Crippen molar-refractivity contribution >= 4 is 23.4 Å². The van der Waals surface area contributed by atoms with E-state index in [1.165, 1.54) is 12.0 Å². The minimum Gasteiger partial charge on any atom is -0.461 e. The molecular weight excluding hydrogens is 819 g/mol. The van der Waals surface area contributed by atoms with Crippen LogP contribution in [0.15, 0.2) is 47.6 Å². The Hall–Kier alpha value is -3.04. The van der Waals surface area contributed by atoms with Crippen molar-refractivity contribution in [2.24, 2.45) is 40.9 Å². The van der Waals surface area contributed by atoms with Gasteiger partial charge in [0, 0.05) is 40.2 Å². The van der Waals surface area contributed by atoms with Gasteiger partial charge >= 0.3 is 5.97 Å². The summed E-state index contributed by atoms with van der Waals surface area (Å²) in [5.41, 5.74) is 1.22. The van der Waals surface area contributed by atoms with Crippen molar-refractivity contribution in [3.05, 3.63) is 47.6 Å². The number of carbonyl (C=O) groups is 4. The highest BCUT2D eigenvalue weighted by atomic mass is 16.5. The Labute approximate surface area is 382 Å². The van der Waals surface area contributed by atoms with Gasteiger partial charge in [-0.3, -0.25) is 14.4 Å². The topological polar surface area (TPSA) is 189 Å². The second-order valence-electron chi connectivity index (χ2n) is 19.9. The summed E-state index contributed by atoms with van der Waals surface area (Å²) in [6.45, 7) is 13.7. The molecule has 0 aromatic heterocycles. The van der Waals surface area contributed by atoms with Gasteiger partial charge in [0.05, 0.1) is 24.4 Å². The Morgan fingerprint density at radius 2 is 1.45 bits per heavy atom. The van der Waals surface area contributed by atoms with Gasteiger partial charge in [0.2, 0.25) is 5.78 Å². The van der Waals surface area contributed by atoms with Gasteiger partial charge in [-0.15, -0.1) is 0 Å². The average Bonchev–Trinajstić information content (AvgIpc) is 3.28. The van der Waals surface area contributed by atoms with Crippen LogP contribution in [-0.2, 0) is 38.1 Å². The molecule has 2 aliphatic carbocycles. The fourth-order valence-electron chi connectivity index (χ4n) is 11.1. The van der Waals surface area contributed by atoms with E-state index in [1.54, 1.807) is 21.1 Å². The first-order chi connectivity index (χ1) is 30.3. The molecule has 0 spiro atoms. The maximum atomic E-state index is 14.0. The van der Waals surface area contributed by atoms with E-state index in [2.05, 4.69) is 13.8 Å². The maximum absolute atomic E-state index is 14.0. The lowest BCUT2D eigenvalue weighted by Crippen LogP contribution is -2.60. The molecule has 2 saturated carbocycles. The third kappa shape index (κ3) is 13.3. The molecule has 13 nitrogen and oxygen atoms in total. The van der Waals surface area contributed by atoms with Crippen molar-refractivity contribution in [1.29, 1.82) is 0 Å². The molecule has 4 N–H and O–H groups in total. The first-order valence-electron chi connectivity index (χ1n) is 23.9. The third-order valence-corrected chi connectivity index (χ3v) is 15.2.